The average Bonchev–Trinajstić information content (AvgIpc) is 3.05. The monoisotopic (exact) mass is 310 g/mol. The molecular formula is C17H18N4S. The molecule has 5 heteroatoms. The van der Waals surface area contributed by atoms with Crippen LogP contribution in [0.3, 0.4) is 0 Å². The average molecular weight is 310 g/mol. The Morgan fingerprint density at radius 1 is 0.955 bits per heavy atom. The summed E-state index contributed by atoms with van der Waals surface area (Å²) in [5.41, 5.74) is 1.33. The van der Waals surface area contributed by atoms with E-state index in [1.54, 1.807) is 11.3 Å². The maximum absolute atomic E-state index is 4.62. The van der Waals surface area contributed by atoms with Crippen molar-refractivity contribution in [3.63, 3.8) is 0 Å². The van der Waals surface area contributed by atoms with Gasteiger partial charge in [0.25, 0.3) is 0 Å². The van der Waals surface area contributed by atoms with Crippen molar-refractivity contribution in [3.8, 4) is 0 Å². The minimum Gasteiger partial charge on any atom is -0.354 e. The Morgan fingerprint density at radius 3 is 2.59 bits per heavy atom. The lowest BCUT2D eigenvalue weighted by molar-refractivity contribution is 0.249. The molecule has 0 bridgehead atoms. The number of pyridine rings is 2. The molecule has 112 valence electrons. The lowest BCUT2D eigenvalue weighted by Gasteiger charge is -2.35. The van der Waals surface area contributed by atoms with Crippen molar-refractivity contribution in [3.05, 3.63) is 53.8 Å². The van der Waals surface area contributed by atoms with Gasteiger partial charge in [-0.1, -0.05) is 0 Å². The van der Waals surface area contributed by atoms with Crippen LogP contribution in [0, 0.1) is 0 Å². The predicted octanol–water partition coefficient (Wildman–Crippen LogP) is 3.01. The zero-order valence-electron chi connectivity index (χ0n) is 12.4. The number of piperazine rings is 1. The fourth-order valence-electron chi connectivity index (χ4n) is 3.00. The summed E-state index contributed by atoms with van der Waals surface area (Å²) in [7, 11) is 0. The summed E-state index contributed by atoms with van der Waals surface area (Å²) in [6, 6.07) is 8.48. The van der Waals surface area contributed by atoms with Gasteiger partial charge in [-0.2, -0.15) is 0 Å². The molecular weight excluding hydrogens is 292 g/mol. The second-order valence-corrected chi connectivity index (χ2v) is 6.53. The highest BCUT2D eigenvalue weighted by Gasteiger charge is 2.19. The van der Waals surface area contributed by atoms with Crippen LogP contribution in [-0.4, -0.2) is 41.0 Å². The van der Waals surface area contributed by atoms with Crippen molar-refractivity contribution < 1.29 is 0 Å². The first kappa shape index (κ1) is 13.7. The number of aromatic nitrogens is 2. The Kier molecular flexibility index (Phi) is 3.74. The fourth-order valence-corrected chi connectivity index (χ4v) is 3.77. The number of hydrogen-bond donors (Lipinski definition) is 0. The third-order valence-corrected chi connectivity index (χ3v) is 5.07. The van der Waals surface area contributed by atoms with Gasteiger partial charge < -0.3 is 4.90 Å². The zero-order valence-corrected chi connectivity index (χ0v) is 13.2. The molecule has 4 nitrogen and oxygen atoms in total. The Hall–Kier alpha value is -1.98. The molecule has 1 saturated heterocycles. The number of fused-ring (bicyclic) bond motifs is 1. The van der Waals surface area contributed by atoms with Gasteiger partial charge in [0.15, 0.2) is 0 Å². The molecule has 22 heavy (non-hydrogen) atoms. The quantitative estimate of drug-likeness (QED) is 0.744. The van der Waals surface area contributed by atoms with Gasteiger partial charge in [-0.3, -0.25) is 9.88 Å². The highest BCUT2D eigenvalue weighted by Crippen LogP contribution is 2.29. The van der Waals surface area contributed by atoms with Crippen LogP contribution in [-0.2, 0) is 6.54 Å². The van der Waals surface area contributed by atoms with Crippen molar-refractivity contribution >= 4 is 27.2 Å². The zero-order chi connectivity index (χ0) is 14.8. The van der Waals surface area contributed by atoms with Gasteiger partial charge in [0.1, 0.15) is 5.82 Å². The van der Waals surface area contributed by atoms with Crippen molar-refractivity contribution in [2.24, 2.45) is 0 Å². The van der Waals surface area contributed by atoms with Crippen LogP contribution >= 0.6 is 11.3 Å². The van der Waals surface area contributed by atoms with Crippen molar-refractivity contribution in [2.45, 2.75) is 6.54 Å². The van der Waals surface area contributed by atoms with E-state index in [0.29, 0.717) is 0 Å². The molecule has 4 heterocycles. The molecule has 4 rings (SSSR count). The first-order chi connectivity index (χ1) is 10.9. The lowest BCUT2D eigenvalue weighted by atomic mass is 10.2. The molecule has 0 N–H and O–H groups in total. The first-order valence-electron chi connectivity index (χ1n) is 7.58. The topological polar surface area (TPSA) is 32.3 Å². The third kappa shape index (κ3) is 2.69. The standard InChI is InChI=1S/C17H18N4S/c1-5-18-6-2-14(1)13-20-8-10-21(11-9-20)17-15-4-12-22-16(15)3-7-19-17/h1-7,12H,8-11,13H2. The van der Waals surface area contributed by atoms with Crippen LogP contribution < -0.4 is 4.90 Å². The largest absolute Gasteiger partial charge is 0.354 e. The van der Waals surface area contributed by atoms with E-state index in [0.717, 1.165) is 38.5 Å². The summed E-state index contributed by atoms with van der Waals surface area (Å²) in [6.07, 6.45) is 5.66. The first-order valence-corrected chi connectivity index (χ1v) is 8.46. The Morgan fingerprint density at radius 2 is 1.77 bits per heavy atom. The van der Waals surface area contributed by atoms with E-state index in [-0.39, 0.29) is 0 Å². The molecule has 1 aliphatic heterocycles. The maximum atomic E-state index is 4.62. The van der Waals surface area contributed by atoms with E-state index in [2.05, 4.69) is 49.4 Å². The van der Waals surface area contributed by atoms with E-state index in [1.807, 2.05) is 18.6 Å². The van der Waals surface area contributed by atoms with Gasteiger partial charge in [0.05, 0.1) is 0 Å². The van der Waals surface area contributed by atoms with Crippen LogP contribution in [0.5, 0.6) is 0 Å². The van der Waals surface area contributed by atoms with E-state index in [4.69, 9.17) is 0 Å². The van der Waals surface area contributed by atoms with Crippen molar-refractivity contribution in [1.29, 1.82) is 0 Å². The number of thiophene rings is 1. The van der Waals surface area contributed by atoms with Crippen molar-refractivity contribution in [2.75, 3.05) is 31.1 Å². The van der Waals surface area contributed by atoms with Gasteiger partial charge >= 0.3 is 0 Å². The predicted molar refractivity (Wildman–Crippen MR) is 91.3 cm³/mol. The molecule has 0 amide bonds. The molecule has 0 aliphatic carbocycles. The Labute approximate surface area is 134 Å². The van der Waals surface area contributed by atoms with E-state index in [9.17, 15) is 0 Å². The molecule has 0 aromatic carbocycles. The number of rotatable bonds is 3. The van der Waals surface area contributed by atoms with Crippen LogP contribution in [0.25, 0.3) is 10.1 Å². The summed E-state index contributed by atoms with van der Waals surface area (Å²) in [4.78, 5) is 13.6. The summed E-state index contributed by atoms with van der Waals surface area (Å²) >= 11 is 1.78. The molecule has 1 fully saturated rings. The normalized spacial score (nSPS) is 16.3. The van der Waals surface area contributed by atoms with Gasteiger partial charge in [-0.25, -0.2) is 4.98 Å². The van der Waals surface area contributed by atoms with E-state index < -0.39 is 0 Å². The molecule has 0 saturated carbocycles. The summed E-state index contributed by atoms with van der Waals surface area (Å²) in [5.74, 6) is 1.14. The third-order valence-electron chi connectivity index (χ3n) is 4.19. The Bertz CT molecular complexity index is 747. The second-order valence-electron chi connectivity index (χ2n) is 5.59. The minimum absolute atomic E-state index is 1.01. The smallest absolute Gasteiger partial charge is 0.137 e. The molecule has 0 atom stereocenters. The second kappa shape index (κ2) is 6.02. The fraction of sp³-hybridized carbons (Fsp3) is 0.294. The summed E-state index contributed by atoms with van der Waals surface area (Å²) < 4.78 is 1.32. The number of hydrogen-bond acceptors (Lipinski definition) is 5. The van der Waals surface area contributed by atoms with Crippen LogP contribution in [0.2, 0.25) is 0 Å². The molecule has 0 unspecified atom stereocenters. The van der Waals surface area contributed by atoms with E-state index in [1.165, 1.54) is 15.6 Å². The maximum Gasteiger partial charge on any atom is 0.137 e. The van der Waals surface area contributed by atoms with Crippen LogP contribution in [0.4, 0.5) is 5.82 Å². The minimum atomic E-state index is 1.01. The highest BCUT2D eigenvalue weighted by molar-refractivity contribution is 7.17. The van der Waals surface area contributed by atoms with Gasteiger partial charge in [-0.05, 0) is 35.2 Å². The SMILES string of the molecule is c1cc(CN2CCN(c3nccc4sccc34)CC2)ccn1. The summed E-state index contributed by atoms with van der Waals surface area (Å²) in [6.45, 7) is 5.22. The van der Waals surface area contributed by atoms with Crippen LogP contribution in [0.15, 0.2) is 48.2 Å². The Balaban J connectivity index is 1.45. The highest BCUT2D eigenvalue weighted by atomic mass is 32.1. The number of anilines is 1. The lowest BCUT2D eigenvalue weighted by Crippen LogP contribution is -2.46. The molecule has 1 aliphatic rings. The van der Waals surface area contributed by atoms with Gasteiger partial charge in [0, 0.05) is 61.4 Å². The van der Waals surface area contributed by atoms with Crippen LogP contribution in [0.1, 0.15) is 5.56 Å². The molecule has 3 aromatic rings. The molecule has 0 spiro atoms. The summed E-state index contributed by atoms with van der Waals surface area (Å²) in [5, 5.41) is 3.44. The molecule has 3 aromatic heterocycles. The molecule has 0 radical (unpaired) electrons. The van der Waals surface area contributed by atoms with Crippen molar-refractivity contribution in [1.82, 2.24) is 14.9 Å². The number of nitrogens with zero attached hydrogens (tertiary/aromatic N) is 4. The van der Waals surface area contributed by atoms with E-state index >= 15 is 0 Å². The van der Waals surface area contributed by atoms with Gasteiger partial charge in [-0.15, -0.1) is 11.3 Å². The van der Waals surface area contributed by atoms with Gasteiger partial charge in [0.2, 0.25) is 0 Å².